The third-order valence-electron chi connectivity index (χ3n) is 3.43. The number of nitriles is 1. The van der Waals surface area contributed by atoms with Gasteiger partial charge in [0.15, 0.2) is 5.13 Å². The Kier molecular flexibility index (Phi) is 6.03. The number of carbonyl (C=O) groups is 2. The molecule has 0 radical (unpaired) electrons. The van der Waals surface area contributed by atoms with Gasteiger partial charge in [-0.05, 0) is 25.1 Å². The summed E-state index contributed by atoms with van der Waals surface area (Å²) in [5, 5.41) is 11.6. The number of nitrogens with zero attached hydrogens (tertiary/aromatic N) is 3. The molecule has 0 aliphatic carbocycles. The lowest BCUT2D eigenvalue weighted by Gasteiger charge is -2.14. The molecule has 2 aromatic rings. The largest absolute Gasteiger partial charge is 0.497 e. The van der Waals surface area contributed by atoms with Crippen LogP contribution in [0.15, 0.2) is 35.2 Å². The lowest BCUT2D eigenvalue weighted by molar-refractivity contribution is -0.116. The average Bonchev–Trinajstić information content (AvgIpc) is 3.07. The Morgan fingerprint density at radius 3 is 2.80 bits per heavy atom. The summed E-state index contributed by atoms with van der Waals surface area (Å²) in [5.41, 5.74) is 0.796. The van der Waals surface area contributed by atoms with Gasteiger partial charge >= 0.3 is 0 Å². The van der Waals surface area contributed by atoms with Gasteiger partial charge in [0, 0.05) is 24.4 Å². The van der Waals surface area contributed by atoms with Crippen molar-refractivity contribution in [1.29, 1.82) is 5.26 Å². The highest BCUT2D eigenvalue weighted by atomic mass is 32.1. The van der Waals surface area contributed by atoms with Gasteiger partial charge in [0.25, 0.3) is 0 Å². The summed E-state index contributed by atoms with van der Waals surface area (Å²) in [6.45, 7) is 3.82. The first-order valence-corrected chi connectivity index (χ1v) is 8.42. The van der Waals surface area contributed by atoms with E-state index in [1.165, 1.54) is 36.3 Å². The number of allylic oxidation sites excluding steroid dienone is 1. The monoisotopic (exact) mass is 355 g/mol. The molecule has 0 fully saturated rings. The Hall–Kier alpha value is -2.98. The maximum atomic E-state index is 12.5. The smallest absolute Gasteiger partial charge is 0.225 e. The molecule has 1 aromatic carbocycles. The van der Waals surface area contributed by atoms with E-state index in [9.17, 15) is 14.9 Å². The molecule has 7 heteroatoms. The van der Waals surface area contributed by atoms with E-state index in [1.807, 2.05) is 13.0 Å². The average molecular weight is 355 g/mol. The molecular weight excluding hydrogens is 338 g/mol. The van der Waals surface area contributed by atoms with Crippen LogP contribution in [0.3, 0.4) is 0 Å². The van der Waals surface area contributed by atoms with Crippen molar-refractivity contribution < 1.29 is 14.3 Å². The number of ether oxygens (including phenoxy) is 1. The number of ketones is 1. The molecule has 25 heavy (non-hydrogen) atoms. The summed E-state index contributed by atoms with van der Waals surface area (Å²) in [4.78, 5) is 29.9. The van der Waals surface area contributed by atoms with Gasteiger partial charge in [-0.2, -0.15) is 5.26 Å². The van der Waals surface area contributed by atoms with E-state index in [4.69, 9.17) is 4.74 Å². The van der Waals surface area contributed by atoms with Crippen LogP contribution in [-0.2, 0) is 4.79 Å². The Labute approximate surface area is 150 Å². The number of hydrogen-bond acceptors (Lipinski definition) is 6. The van der Waals surface area contributed by atoms with Crippen molar-refractivity contribution in [3.05, 3.63) is 46.5 Å². The summed E-state index contributed by atoms with van der Waals surface area (Å²) in [6, 6.07) is 8.53. The van der Waals surface area contributed by atoms with Crippen molar-refractivity contribution in [2.75, 3.05) is 18.6 Å². The quantitative estimate of drug-likeness (QED) is 0.451. The Bertz CT molecular complexity index is 864. The van der Waals surface area contributed by atoms with E-state index in [2.05, 4.69) is 4.98 Å². The van der Waals surface area contributed by atoms with Crippen molar-refractivity contribution in [2.24, 2.45) is 0 Å². The van der Waals surface area contributed by atoms with Crippen LogP contribution in [-0.4, -0.2) is 30.3 Å². The number of amides is 1. The molecule has 0 aliphatic rings. The molecule has 0 aliphatic heterocycles. The number of Topliss-reactive ketones (excluding diaryl/α,β-unsaturated/α-hetero) is 1. The molecule has 0 unspecified atom stereocenters. The van der Waals surface area contributed by atoms with Crippen molar-refractivity contribution >= 4 is 34.2 Å². The van der Waals surface area contributed by atoms with Gasteiger partial charge in [-0.15, -0.1) is 11.3 Å². The fraction of sp³-hybridized carbons (Fsp3) is 0.222. The number of carbonyl (C=O) groups excluding carboxylic acids is 2. The lowest BCUT2D eigenvalue weighted by atomic mass is 10.0. The molecule has 0 saturated carbocycles. The van der Waals surface area contributed by atoms with Crippen molar-refractivity contribution in [3.8, 4) is 11.8 Å². The van der Waals surface area contributed by atoms with Crippen LogP contribution in [0.2, 0.25) is 0 Å². The Morgan fingerprint density at radius 2 is 2.20 bits per heavy atom. The molecule has 2 rings (SSSR count). The zero-order valence-corrected chi connectivity index (χ0v) is 15.0. The number of thiazole rings is 1. The van der Waals surface area contributed by atoms with Crippen LogP contribution in [0.1, 0.15) is 29.9 Å². The van der Waals surface area contributed by atoms with Crippen LogP contribution in [0.4, 0.5) is 5.13 Å². The Balaban J connectivity index is 2.31. The van der Waals surface area contributed by atoms with Crippen molar-refractivity contribution in [1.82, 2.24) is 4.98 Å². The topological polar surface area (TPSA) is 83.3 Å². The van der Waals surface area contributed by atoms with Gasteiger partial charge in [0.05, 0.1) is 12.8 Å². The van der Waals surface area contributed by atoms with Crippen molar-refractivity contribution in [2.45, 2.75) is 13.8 Å². The zero-order chi connectivity index (χ0) is 18.4. The first-order valence-electron chi connectivity index (χ1n) is 7.54. The summed E-state index contributed by atoms with van der Waals surface area (Å²) >= 11 is 1.29. The highest BCUT2D eigenvalue weighted by Gasteiger charge is 2.16. The van der Waals surface area contributed by atoms with Crippen LogP contribution >= 0.6 is 11.3 Å². The number of rotatable bonds is 6. The van der Waals surface area contributed by atoms with Crippen LogP contribution in [0.5, 0.6) is 5.75 Å². The number of methoxy groups -OCH3 is 1. The molecule has 1 aromatic heterocycles. The summed E-state index contributed by atoms with van der Waals surface area (Å²) in [6.07, 6.45) is 1.43. The van der Waals surface area contributed by atoms with E-state index >= 15 is 0 Å². The van der Waals surface area contributed by atoms with Gasteiger partial charge in [-0.1, -0.05) is 12.1 Å². The third kappa shape index (κ3) is 4.31. The maximum absolute atomic E-state index is 12.5. The minimum atomic E-state index is -0.408. The second kappa shape index (κ2) is 8.22. The highest BCUT2D eigenvalue weighted by molar-refractivity contribution is 7.14. The van der Waals surface area contributed by atoms with E-state index in [0.717, 1.165) is 0 Å². The lowest BCUT2D eigenvalue weighted by Crippen LogP contribution is -2.27. The SMILES string of the molecule is CCN(C(C)=O)c1nc(/C=C(\C#N)C(=O)c2cccc(OC)c2)cs1. The molecule has 0 spiro atoms. The minimum Gasteiger partial charge on any atom is -0.497 e. The van der Waals surface area contributed by atoms with E-state index in [0.29, 0.717) is 28.7 Å². The van der Waals surface area contributed by atoms with Gasteiger partial charge in [-0.3, -0.25) is 14.5 Å². The second-order valence-corrected chi connectivity index (χ2v) is 5.89. The number of aromatic nitrogens is 1. The normalized spacial score (nSPS) is 10.9. The molecule has 0 N–H and O–H groups in total. The third-order valence-corrected chi connectivity index (χ3v) is 4.31. The highest BCUT2D eigenvalue weighted by Crippen LogP contribution is 2.23. The van der Waals surface area contributed by atoms with E-state index < -0.39 is 5.78 Å². The van der Waals surface area contributed by atoms with Gasteiger partial charge < -0.3 is 4.74 Å². The van der Waals surface area contributed by atoms with E-state index in [1.54, 1.807) is 29.6 Å². The molecule has 0 bridgehead atoms. The summed E-state index contributed by atoms with van der Waals surface area (Å²) in [7, 11) is 1.51. The summed E-state index contributed by atoms with van der Waals surface area (Å²) < 4.78 is 5.10. The first-order chi connectivity index (χ1) is 12.0. The van der Waals surface area contributed by atoms with Crippen molar-refractivity contribution in [3.63, 3.8) is 0 Å². The summed E-state index contributed by atoms with van der Waals surface area (Å²) in [5.74, 6) is 0.0225. The minimum absolute atomic E-state index is 0.0315. The number of benzene rings is 1. The molecule has 6 nitrogen and oxygen atoms in total. The van der Waals surface area contributed by atoms with E-state index in [-0.39, 0.29) is 11.5 Å². The van der Waals surface area contributed by atoms with Gasteiger partial charge in [0.1, 0.15) is 17.4 Å². The standard InChI is InChI=1S/C18H17N3O3S/c1-4-21(12(2)22)18-20-15(11-25-18)8-14(10-19)17(23)13-6-5-7-16(9-13)24-3/h5-9,11H,4H2,1-3H3/b14-8+. The fourth-order valence-corrected chi connectivity index (χ4v) is 3.07. The van der Waals surface area contributed by atoms with Crippen LogP contribution in [0, 0.1) is 11.3 Å². The van der Waals surface area contributed by atoms with Crippen LogP contribution in [0.25, 0.3) is 6.08 Å². The zero-order valence-electron chi connectivity index (χ0n) is 14.1. The van der Waals surface area contributed by atoms with Gasteiger partial charge in [0.2, 0.25) is 11.7 Å². The second-order valence-electron chi connectivity index (χ2n) is 5.05. The number of anilines is 1. The molecule has 1 heterocycles. The molecule has 128 valence electrons. The first kappa shape index (κ1) is 18.4. The fourth-order valence-electron chi connectivity index (χ4n) is 2.18. The molecular formula is C18H17N3O3S. The number of hydrogen-bond donors (Lipinski definition) is 0. The Morgan fingerprint density at radius 1 is 1.44 bits per heavy atom. The van der Waals surface area contributed by atoms with Crippen LogP contribution < -0.4 is 9.64 Å². The maximum Gasteiger partial charge on any atom is 0.225 e. The molecule has 1 amide bonds. The van der Waals surface area contributed by atoms with Gasteiger partial charge in [-0.25, -0.2) is 4.98 Å². The molecule has 0 atom stereocenters. The predicted octanol–water partition coefficient (Wildman–Crippen LogP) is 3.31. The molecule has 0 saturated heterocycles. The predicted molar refractivity (Wildman–Crippen MR) is 96.7 cm³/mol.